The number of nitrogen functional groups attached to an aromatic ring is 1. The molecule has 1 aromatic carbocycles. The molecule has 4 aromatic rings. The van der Waals surface area contributed by atoms with Crippen molar-refractivity contribution in [1.29, 1.82) is 0 Å². The van der Waals surface area contributed by atoms with Crippen molar-refractivity contribution < 1.29 is 9.53 Å². The Morgan fingerprint density at radius 2 is 2.07 bits per heavy atom. The fourth-order valence-electron chi connectivity index (χ4n) is 3.07. The molecule has 5 N–H and O–H groups in total. The van der Waals surface area contributed by atoms with Gasteiger partial charge < -0.3 is 21.2 Å². The Hall–Kier alpha value is -4.14. The van der Waals surface area contributed by atoms with E-state index in [0.717, 1.165) is 0 Å². The molecule has 0 saturated heterocycles. The summed E-state index contributed by atoms with van der Waals surface area (Å²) in [5, 5.41) is 4.87. The summed E-state index contributed by atoms with van der Waals surface area (Å²) in [5.41, 5.74) is 13.3. The number of nitrogens with two attached hydrogens (primary N) is 2. The first-order chi connectivity index (χ1) is 13.9. The highest BCUT2D eigenvalue weighted by Crippen LogP contribution is 2.30. The molecular formula is C20H18N6O3. The van der Waals surface area contributed by atoms with Gasteiger partial charge in [-0.3, -0.25) is 9.59 Å². The Labute approximate surface area is 164 Å². The van der Waals surface area contributed by atoms with Gasteiger partial charge in [-0.25, -0.2) is 9.67 Å². The highest BCUT2D eigenvalue weighted by Gasteiger charge is 2.17. The molecule has 0 fully saturated rings. The Morgan fingerprint density at radius 1 is 1.24 bits per heavy atom. The molecule has 0 aliphatic heterocycles. The SMILES string of the molecule is C[C@H](Oc1cc2cc(C(N)=O)ccc2nc1N)c1[nH]c(=O)ccc1-n1cccn1. The molecule has 0 radical (unpaired) electrons. The zero-order valence-corrected chi connectivity index (χ0v) is 15.5. The van der Waals surface area contributed by atoms with Crippen LogP contribution in [0.3, 0.4) is 0 Å². The van der Waals surface area contributed by atoms with Crippen LogP contribution in [0.2, 0.25) is 0 Å². The van der Waals surface area contributed by atoms with Crippen molar-refractivity contribution >= 4 is 22.6 Å². The van der Waals surface area contributed by atoms with E-state index >= 15 is 0 Å². The molecule has 4 rings (SSSR count). The summed E-state index contributed by atoms with van der Waals surface area (Å²) in [4.78, 5) is 30.5. The Balaban J connectivity index is 1.73. The number of aromatic nitrogens is 4. The molecule has 146 valence electrons. The van der Waals surface area contributed by atoms with Gasteiger partial charge in [0.1, 0.15) is 6.10 Å². The molecule has 1 atom stereocenters. The summed E-state index contributed by atoms with van der Waals surface area (Å²) >= 11 is 0. The minimum Gasteiger partial charge on any atom is -0.481 e. The van der Waals surface area contributed by atoms with E-state index in [1.54, 1.807) is 60.4 Å². The molecule has 9 heteroatoms. The standard InChI is InChI=1S/C20H18N6O3/c1-11(18-15(5-6-17(27)25-18)26-8-2-7-23-26)29-16-10-13-9-12(20(22)28)3-4-14(13)24-19(16)21/h2-11H,1H3,(H2,21,24)(H2,22,28)(H,25,27)/t11-/m0/s1. The molecule has 0 aliphatic carbocycles. The minimum absolute atomic E-state index is 0.190. The third kappa shape index (κ3) is 3.53. The zero-order chi connectivity index (χ0) is 20.5. The van der Waals surface area contributed by atoms with Gasteiger partial charge in [0, 0.05) is 29.4 Å². The number of rotatable bonds is 5. The second kappa shape index (κ2) is 7.12. The van der Waals surface area contributed by atoms with E-state index in [1.165, 1.54) is 6.07 Å². The lowest BCUT2D eigenvalue weighted by molar-refractivity contribution is 0.100. The third-order valence-corrected chi connectivity index (χ3v) is 4.48. The van der Waals surface area contributed by atoms with Gasteiger partial charge in [-0.05, 0) is 43.3 Å². The normalized spacial score (nSPS) is 12.0. The fraction of sp³-hybridized carbons (Fsp3) is 0.100. The van der Waals surface area contributed by atoms with Gasteiger partial charge in [-0.1, -0.05) is 0 Å². The summed E-state index contributed by atoms with van der Waals surface area (Å²) < 4.78 is 7.65. The maximum atomic E-state index is 11.9. The maximum absolute atomic E-state index is 11.9. The first-order valence-electron chi connectivity index (χ1n) is 8.82. The number of H-pyrrole nitrogens is 1. The molecule has 1 amide bonds. The monoisotopic (exact) mass is 390 g/mol. The predicted molar refractivity (Wildman–Crippen MR) is 108 cm³/mol. The van der Waals surface area contributed by atoms with Crippen LogP contribution in [0.15, 0.2) is 59.7 Å². The minimum atomic E-state index is -0.566. The molecule has 0 unspecified atom stereocenters. The van der Waals surface area contributed by atoms with Crippen LogP contribution >= 0.6 is 0 Å². The number of primary amides is 1. The molecular weight excluding hydrogens is 372 g/mol. The van der Waals surface area contributed by atoms with Crippen LogP contribution in [0, 0.1) is 0 Å². The molecule has 0 aliphatic rings. The van der Waals surface area contributed by atoms with E-state index in [9.17, 15) is 9.59 Å². The maximum Gasteiger partial charge on any atom is 0.248 e. The average Bonchev–Trinajstić information content (AvgIpc) is 3.22. The number of pyridine rings is 2. The number of carbonyl (C=O) groups is 1. The van der Waals surface area contributed by atoms with E-state index in [2.05, 4.69) is 15.1 Å². The average molecular weight is 390 g/mol. The van der Waals surface area contributed by atoms with Crippen LogP contribution in [-0.4, -0.2) is 25.7 Å². The van der Waals surface area contributed by atoms with Crippen LogP contribution in [0.4, 0.5) is 5.82 Å². The quantitative estimate of drug-likeness (QED) is 0.475. The summed E-state index contributed by atoms with van der Waals surface area (Å²) in [6.07, 6.45) is 2.84. The molecule has 0 spiro atoms. The smallest absolute Gasteiger partial charge is 0.248 e. The van der Waals surface area contributed by atoms with Crippen molar-refractivity contribution in [3.05, 3.63) is 76.5 Å². The van der Waals surface area contributed by atoms with Crippen LogP contribution in [0.25, 0.3) is 16.6 Å². The lowest BCUT2D eigenvalue weighted by Gasteiger charge is -2.19. The lowest BCUT2D eigenvalue weighted by Crippen LogP contribution is -2.17. The van der Waals surface area contributed by atoms with E-state index < -0.39 is 12.0 Å². The number of fused-ring (bicyclic) bond motifs is 1. The number of aromatic amines is 1. The summed E-state index contributed by atoms with van der Waals surface area (Å²) in [5.74, 6) is -0.0249. The van der Waals surface area contributed by atoms with Gasteiger partial charge in [-0.2, -0.15) is 5.10 Å². The second-order valence-corrected chi connectivity index (χ2v) is 6.48. The van der Waals surface area contributed by atoms with Gasteiger partial charge in [0.15, 0.2) is 11.6 Å². The van der Waals surface area contributed by atoms with Crippen molar-refractivity contribution in [2.45, 2.75) is 13.0 Å². The lowest BCUT2D eigenvalue weighted by atomic mass is 10.1. The van der Waals surface area contributed by atoms with Crippen molar-refractivity contribution in [2.75, 3.05) is 5.73 Å². The molecule has 9 nitrogen and oxygen atoms in total. The van der Waals surface area contributed by atoms with Crippen molar-refractivity contribution in [2.24, 2.45) is 5.73 Å². The fourth-order valence-corrected chi connectivity index (χ4v) is 3.07. The van der Waals surface area contributed by atoms with Crippen molar-refractivity contribution in [3.63, 3.8) is 0 Å². The second-order valence-electron chi connectivity index (χ2n) is 6.48. The molecule has 29 heavy (non-hydrogen) atoms. The number of benzene rings is 1. The van der Waals surface area contributed by atoms with Crippen LogP contribution in [0.1, 0.15) is 29.1 Å². The number of hydrogen-bond acceptors (Lipinski definition) is 6. The largest absolute Gasteiger partial charge is 0.481 e. The Bertz CT molecular complexity index is 1260. The number of nitrogens with zero attached hydrogens (tertiary/aromatic N) is 3. The van der Waals surface area contributed by atoms with Crippen LogP contribution in [-0.2, 0) is 0 Å². The number of ether oxygens (including phenoxy) is 1. The van der Waals surface area contributed by atoms with Crippen molar-refractivity contribution in [1.82, 2.24) is 19.7 Å². The van der Waals surface area contributed by atoms with E-state index in [-0.39, 0.29) is 11.4 Å². The van der Waals surface area contributed by atoms with Gasteiger partial charge in [0.25, 0.3) is 0 Å². The predicted octanol–water partition coefficient (Wildman–Crippen LogP) is 1.93. The van der Waals surface area contributed by atoms with E-state index in [4.69, 9.17) is 16.2 Å². The first kappa shape index (κ1) is 18.2. The number of anilines is 1. The van der Waals surface area contributed by atoms with Gasteiger partial charge >= 0.3 is 0 Å². The van der Waals surface area contributed by atoms with E-state index in [1.807, 2.05) is 0 Å². The highest BCUT2D eigenvalue weighted by atomic mass is 16.5. The number of nitrogens with one attached hydrogen (secondary N) is 1. The molecule has 3 heterocycles. The molecule has 0 saturated carbocycles. The zero-order valence-electron chi connectivity index (χ0n) is 15.5. The van der Waals surface area contributed by atoms with E-state index in [0.29, 0.717) is 33.6 Å². The topological polar surface area (TPSA) is 142 Å². The Kier molecular flexibility index (Phi) is 4.47. The number of hydrogen-bond donors (Lipinski definition) is 3. The molecule has 3 aromatic heterocycles. The number of carbonyl (C=O) groups excluding carboxylic acids is 1. The van der Waals surface area contributed by atoms with Gasteiger partial charge in [0.2, 0.25) is 11.5 Å². The molecule has 0 bridgehead atoms. The number of amides is 1. The van der Waals surface area contributed by atoms with Gasteiger partial charge in [0.05, 0.1) is 16.9 Å². The first-order valence-corrected chi connectivity index (χ1v) is 8.82. The van der Waals surface area contributed by atoms with Gasteiger partial charge in [-0.15, -0.1) is 0 Å². The van der Waals surface area contributed by atoms with Crippen LogP contribution < -0.4 is 21.8 Å². The third-order valence-electron chi connectivity index (χ3n) is 4.48. The summed E-state index contributed by atoms with van der Waals surface area (Å²) in [6, 6.07) is 11.4. The van der Waals surface area contributed by atoms with Crippen LogP contribution in [0.5, 0.6) is 5.75 Å². The summed E-state index contributed by atoms with van der Waals surface area (Å²) in [6.45, 7) is 1.78. The van der Waals surface area contributed by atoms with Crippen molar-refractivity contribution in [3.8, 4) is 11.4 Å². The highest BCUT2D eigenvalue weighted by molar-refractivity contribution is 5.97. The Morgan fingerprint density at radius 3 is 2.79 bits per heavy atom. The summed E-state index contributed by atoms with van der Waals surface area (Å²) in [7, 11) is 0.